The van der Waals surface area contributed by atoms with Crippen LogP contribution < -0.4 is 4.74 Å². The van der Waals surface area contributed by atoms with Gasteiger partial charge in [0.2, 0.25) is 17.4 Å². The highest BCUT2D eigenvalue weighted by Gasteiger charge is 2.33. The Morgan fingerprint density at radius 3 is 2.74 bits per heavy atom. The van der Waals surface area contributed by atoms with E-state index < -0.39 is 0 Å². The Labute approximate surface area is 246 Å². The molecular weight excluding hydrogens is 530 g/mol. The fraction of sp³-hybridized carbons (Fsp3) is 0.531. The van der Waals surface area contributed by atoms with Crippen molar-refractivity contribution in [1.29, 1.82) is 5.26 Å². The van der Waals surface area contributed by atoms with Crippen molar-refractivity contribution in [2.75, 3.05) is 46.5 Å². The molecule has 3 aromatic rings. The molecule has 10 heteroatoms. The van der Waals surface area contributed by atoms with Gasteiger partial charge in [0.1, 0.15) is 17.5 Å². The molecule has 0 N–H and O–H groups in total. The molecule has 2 aromatic heterocycles. The molecule has 0 radical (unpaired) electrons. The molecule has 1 unspecified atom stereocenters. The van der Waals surface area contributed by atoms with E-state index in [2.05, 4.69) is 30.3 Å². The molecule has 0 bridgehead atoms. The summed E-state index contributed by atoms with van der Waals surface area (Å²) in [4.78, 5) is 29.9. The van der Waals surface area contributed by atoms with Crippen LogP contribution in [0, 0.1) is 29.7 Å². The summed E-state index contributed by atoms with van der Waals surface area (Å²) in [5.41, 5.74) is 2.53. The van der Waals surface area contributed by atoms with Crippen LogP contribution in [0.5, 0.6) is 5.75 Å². The number of hydrogen-bond donors (Lipinski definition) is 0. The normalized spacial score (nSPS) is 21.5. The largest absolute Gasteiger partial charge is 0.505 e. The molecular formula is C32H37N7O3. The maximum absolute atomic E-state index is 12.9. The van der Waals surface area contributed by atoms with Crippen molar-refractivity contribution < 1.29 is 14.3 Å². The highest BCUT2D eigenvalue weighted by atomic mass is 16.5. The summed E-state index contributed by atoms with van der Waals surface area (Å²) in [5.74, 6) is 1.87. The lowest BCUT2D eigenvalue weighted by Gasteiger charge is -2.34. The third-order valence-corrected chi connectivity index (χ3v) is 9.07. The van der Waals surface area contributed by atoms with Crippen molar-refractivity contribution in [1.82, 2.24) is 24.3 Å². The van der Waals surface area contributed by atoms with Gasteiger partial charge in [0.05, 0.1) is 31.5 Å². The van der Waals surface area contributed by atoms with Gasteiger partial charge in [0.25, 0.3) is 0 Å². The van der Waals surface area contributed by atoms with Gasteiger partial charge in [-0.05, 0) is 81.8 Å². The highest BCUT2D eigenvalue weighted by molar-refractivity contribution is 5.92. The Morgan fingerprint density at radius 1 is 1.17 bits per heavy atom. The Balaban J connectivity index is 1.10. The monoisotopic (exact) mass is 567 g/mol. The van der Waals surface area contributed by atoms with E-state index in [9.17, 15) is 10.1 Å². The van der Waals surface area contributed by atoms with Crippen molar-refractivity contribution in [3.05, 3.63) is 47.7 Å². The molecule has 10 nitrogen and oxygen atoms in total. The Hall–Kier alpha value is -3.99. The van der Waals surface area contributed by atoms with Crippen LogP contribution in [0.15, 0.2) is 30.5 Å². The minimum Gasteiger partial charge on any atom is -0.505 e. The SMILES string of the molecule is [C-]#[N+]c1cc(-c2nc(C#N)nc3c2ccn3CC2CCOC2)ccc1OCCC1CCN(C(=O)[C@@H]2CCCN2C)CC1. The van der Waals surface area contributed by atoms with Crippen LogP contribution in [-0.4, -0.2) is 82.8 Å². The number of nitriles is 1. The van der Waals surface area contributed by atoms with E-state index in [-0.39, 0.29) is 17.8 Å². The highest BCUT2D eigenvalue weighted by Crippen LogP contribution is 2.36. The quantitative estimate of drug-likeness (QED) is 0.365. The minimum atomic E-state index is 0.0526. The summed E-state index contributed by atoms with van der Waals surface area (Å²) in [6.45, 7) is 13.2. The molecule has 1 aromatic carbocycles. The third kappa shape index (κ3) is 5.83. The molecule has 0 saturated carbocycles. The molecule has 0 spiro atoms. The topological polar surface area (TPSA) is 101 Å². The van der Waals surface area contributed by atoms with Crippen molar-refractivity contribution in [2.45, 2.75) is 51.1 Å². The predicted octanol–water partition coefficient (Wildman–Crippen LogP) is 4.66. The number of amides is 1. The zero-order valence-corrected chi connectivity index (χ0v) is 24.2. The Morgan fingerprint density at radius 2 is 2.02 bits per heavy atom. The number of likely N-dealkylation sites (tertiary alicyclic amines) is 2. The lowest BCUT2D eigenvalue weighted by atomic mass is 9.93. The summed E-state index contributed by atoms with van der Waals surface area (Å²) in [6.07, 6.45) is 7.93. The lowest BCUT2D eigenvalue weighted by molar-refractivity contribution is -0.137. The van der Waals surface area contributed by atoms with Gasteiger partial charge in [-0.15, -0.1) is 0 Å². The number of ether oxygens (including phenoxy) is 2. The fourth-order valence-corrected chi connectivity index (χ4v) is 6.57. The van der Waals surface area contributed by atoms with E-state index >= 15 is 0 Å². The van der Waals surface area contributed by atoms with Gasteiger partial charge in [-0.1, -0.05) is 6.07 Å². The second-order valence-electron chi connectivity index (χ2n) is 11.8. The first-order chi connectivity index (χ1) is 20.5. The summed E-state index contributed by atoms with van der Waals surface area (Å²) in [7, 11) is 2.05. The molecule has 3 saturated heterocycles. The van der Waals surface area contributed by atoms with Gasteiger partial charge in [-0.25, -0.2) is 14.8 Å². The number of piperidine rings is 1. The lowest BCUT2D eigenvalue weighted by Crippen LogP contribution is -2.47. The molecule has 3 fully saturated rings. The van der Waals surface area contributed by atoms with Gasteiger partial charge < -0.3 is 18.9 Å². The average molecular weight is 568 g/mol. The van der Waals surface area contributed by atoms with Crippen LogP contribution >= 0.6 is 0 Å². The summed E-state index contributed by atoms with van der Waals surface area (Å²) >= 11 is 0. The number of rotatable bonds is 8. The van der Waals surface area contributed by atoms with Gasteiger partial charge in [-0.2, -0.15) is 5.26 Å². The van der Waals surface area contributed by atoms with Crippen molar-refractivity contribution >= 4 is 22.6 Å². The van der Waals surface area contributed by atoms with E-state index in [1.54, 1.807) is 6.07 Å². The fourth-order valence-electron chi connectivity index (χ4n) is 6.57. The number of aromatic nitrogens is 3. The number of fused-ring (bicyclic) bond motifs is 1. The van der Waals surface area contributed by atoms with Crippen molar-refractivity contribution in [3.8, 4) is 23.1 Å². The molecule has 3 aliphatic rings. The molecule has 3 aliphatic heterocycles. The maximum atomic E-state index is 12.9. The molecule has 2 atom stereocenters. The second-order valence-corrected chi connectivity index (χ2v) is 11.8. The van der Waals surface area contributed by atoms with E-state index in [4.69, 9.17) is 16.0 Å². The van der Waals surface area contributed by atoms with E-state index in [0.717, 1.165) is 94.5 Å². The van der Waals surface area contributed by atoms with Crippen LogP contribution in [0.4, 0.5) is 5.69 Å². The van der Waals surface area contributed by atoms with Gasteiger partial charge in [0.15, 0.2) is 0 Å². The van der Waals surface area contributed by atoms with Crippen LogP contribution in [0.3, 0.4) is 0 Å². The zero-order valence-electron chi connectivity index (χ0n) is 24.2. The smallest absolute Gasteiger partial charge is 0.239 e. The first-order valence-electron chi connectivity index (χ1n) is 15.0. The van der Waals surface area contributed by atoms with E-state index in [1.165, 1.54) is 0 Å². The Kier molecular flexibility index (Phi) is 8.36. The molecule has 5 heterocycles. The summed E-state index contributed by atoms with van der Waals surface area (Å²) in [5, 5.41) is 10.5. The van der Waals surface area contributed by atoms with Crippen LogP contribution in [0.1, 0.15) is 44.3 Å². The van der Waals surface area contributed by atoms with E-state index in [0.29, 0.717) is 35.6 Å². The predicted molar refractivity (Wildman–Crippen MR) is 158 cm³/mol. The number of nitrogens with zero attached hydrogens (tertiary/aromatic N) is 7. The van der Waals surface area contributed by atoms with Gasteiger partial charge >= 0.3 is 0 Å². The minimum absolute atomic E-state index is 0.0526. The number of carbonyl (C=O) groups is 1. The van der Waals surface area contributed by atoms with Crippen LogP contribution in [-0.2, 0) is 16.1 Å². The third-order valence-electron chi connectivity index (χ3n) is 9.07. The molecule has 0 aliphatic carbocycles. The number of hydrogen-bond acceptors (Lipinski definition) is 7. The molecule has 218 valence electrons. The standard InChI is InChI=1S/C32H37N7O3/c1-34-26-18-24(30-25-9-15-39(20-23-10-16-41-21-23)31(25)36-29(19-33)35-30)5-6-28(26)42-17-11-22-7-13-38(14-8-22)32(40)27-4-3-12-37(27)2/h5-6,9,15,18,22-23,27H,3-4,7-8,10-14,16-17,20-21H2,2H3/t23?,27-/m0/s1. The maximum Gasteiger partial charge on any atom is 0.239 e. The summed E-state index contributed by atoms with van der Waals surface area (Å²) < 4.78 is 13.7. The number of carbonyl (C=O) groups excluding carboxylic acids is 1. The van der Waals surface area contributed by atoms with Gasteiger partial charge in [-0.3, -0.25) is 9.69 Å². The van der Waals surface area contributed by atoms with Crippen molar-refractivity contribution in [3.63, 3.8) is 0 Å². The number of benzene rings is 1. The van der Waals surface area contributed by atoms with Crippen molar-refractivity contribution in [2.24, 2.45) is 11.8 Å². The second kappa shape index (κ2) is 12.5. The Bertz CT molecular complexity index is 1520. The number of likely N-dealkylation sites (N-methyl/N-ethyl adjacent to an activating group) is 1. The molecule has 1 amide bonds. The summed E-state index contributed by atoms with van der Waals surface area (Å²) in [6, 6.07) is 9.65. The van der Waals surface area contributed by atoms with Crippen LogP contribution in [0.2, 0.25) is 0 Å². The molecule has 6 rings (SSSR count). The molecule has 42 heavy (non-hydrogen) atoms. The average Bonchev–Trinajstić information content (AvgIpc) is 3.79. The first kappa shape index (κ1) is 28.1. The van der Waals surface area contributed by atoms with Gasteiger partial charge in [0, 0.05) is 43.7 Å². The van der Waals surface area contributed by atoms with E-state index in [1.807, 2.05) is 36.3 Å². The van der Waals surface area contributed by atoms with Crippen LogP contribution in [0.25, 0.3) is 27.1 Å². The zero-order chi connectivity index (χ0) is 29.1. The first-order valence-corrected chi connectivity index (χ1v) is 15.0.